The third kappa shape index (κ3) is 3.59. The van der Waals surface area contributed by atoms with E-state index in [0.29, 0.717) is 33.8 Å². The molecule has 126 valence electrons. The van der Waals surface area contributed by atoms with Gasteiger partial charge in [0.25, 0.3) is 5.91 Å². The van der Waals surface area contributed by atoms with Gasteiger partial charge >= 0.3 is 5.97 Å². The maximum atomic E-state index is 12.4. The van der Waals surface area contributed by atoms with Crippen LogP contribution in [0.25, 0.3) is 0 Å². The Morgan fingerprint density at radius 2 is 2.17 bits per heavy atom. The van der Waals surface area contributed by atoms with Gasteiger partial charge < -0.3 is 14.5 Å². The molecular weight excluding hydrogens is 332 g/mol. The van der Waals surface area contributed by atoms with Gasteiger partial charge in [0.2, 0.25) is 5.76 Å². The van der Waals surface area contributed by atoms with Crippen molar-refractivity contribution >= 4 is 29.2 Å². The first-order chi connectivity index (χ1) is 11.5. The summed E-state index contributed by atoms with van der Waals surface area (Å²) in [6.45, 7) is 1.72. The predicted octanol–water partition coefficient (Wildman–Crippen LogP) is 3.63. The minimum Gasteiger partial charge on any atom is -0.465 e. The van der Waals surface area contributed by atoms with Crippen LogP contribution in [0.3, 0.4) is 0 Å². The van der Waals surface area contributed by atoms with E-state index >= 15 is 0 Å². The van der Waals surface area contributed by atoms with Crippen LogP contribution in [0.1, 0.15) is 45.3 Å². The van der Waals surface area contributed by atoms with Crippen molar-refractivity contribution in [3.05, 3.63) is 46.1 Å². The van der Waals surface area contributed by atoms with Gasteiger partial charge in [0.1, 0.15) is 0 Å². The quantitative estimate of drug-likeness (QED) is 0.834. The molecule has 1 aliphatic carbocycles. The van der Waals surface area contributed by atoms with Crippen molar-refractivity contribution in [3.63, 3.8) is 0 Å². The van der Waals surface area contributed by atoms with Crippen LogP contribution in [0.2, 0.25) is 5.02 Å². The largest absolute Gasteiger partial charge is 0.465 e. The molecule has 0 atom stereocenters. The Labute approximate surface area is 144 Å². The van der Waals surface area contributed by atoms with E-state index in [0.717, 1.165) is 6.42 Å². The Balaban J connectivity index is 1.79. The molecule has 24 heavy (non-hydrogen) atoms. The van der Waals surface area contributed by atoms with Gasteiger partial charge in [0, 0.05) is 6.42 Å². The molecule has 1 aliphatic rings. The third-order valence-corrected chi connectivity index (χ3v) is 4.17. The van der Waals surface area contributed by atoms with Crippen LogP contribution in [0.4, 0.5) is 5.69 Å². The molecular formula is C17H17ClN2O4. The van der Waals surface area contributed by atoms with E-state index in [1.54, 1.807) is 6.92 Å². The molecule has 1 aromatic heterocycles. The minimum atomic E-state index is -0.510. The molecule has 0 aliphatic heterocycles. The number of ether oxygens (including phenoxy) is 1. The maximum absolute atomic E-state index is 12.4. The number of esters is 1. The number of aryl methyl sites for hydroxylation is 1. The molecule has 1 saturated carbocycles. The first-order valence-electron chi connectivity index (χ1n) is 7.63. The summed E-state index contributed by atoms with van der Waals surface area (Å²) in [5, 5.41) is 2.97. The van der Waals surface area contributed by atoms with E-state index < -0.39 is 11.9 Å². The number of amides is 1. The van der Waals surface area contributed by atoms with Gasteiger partial charge in [-0.15, -0.1) is 0 Å². The molecule has 7 heteroatoms. The zero-order valence-electron chi connectivity index (χ0n) is 13.4. The molecule has 1 aromatic carbocycles. The fourth-order valence-electron chi connectivity index (χ4n) is 2.36. The summed E-state index contributed by atoms with van der Waals surface area (Å²) in [4.78, 5) is 28.3. The van der Waals surface area contributed by atoms with Crippen LogP contribution in [-0.4, -0.2) is 24.0 Å². The Kier molecular flexibility index (Phi) is 4.57. The van der Waals surface area contributed by atoms with Gasteiger partial charge in [-0.1, -0.05) is 11.6 Å². The van der Waals surface area contributed by atoms with Crippen LogP contribution in [-0.2, 0) is 11.2 Å². The summed E-state index contributed by atoms with van der Waals surface area (Å²) in [5.41, 5.74) is 1.13. The van der Waals surface area contributed by atoms with Gasteiger partial charge in [0.05, 0.1) is 29.1 Å². The van der Waals surface area contributed by atoms with Crippen molar-refractivity contribution in [1.29, 1.82) is 0 Å². The molecule has 0 saturated heterocycles. The number of hydrogen-bond donors (Lipinski definition) is 1. The Morgan fingerprint density at radius 3 is 2.83 bits per heavy atom. The van der Waals surface area contributed by atoms with Crippen LogP contribution in [0, 0.1) is 12.8 Å². The number of nitrogens with zero attached hydrogens (tertiary/aromatic N) is 1. The first-order valence-corrected chi connectivity index (χ1v) is 8.01. The molecule has 6 nitrogen and oxygen atoms in total. The highest BCUT2D eigenvalue weighted by Gasteiger charge is 2.26. The van der Waals surface area contributed by atoms with Crippen molar-refractivity contribution in [3.8, 4) is 0 Å². The zero-order valence-corrected chi connectivity index (χ0v) is 14.1. The number of aromatic nitrogens is 1. The van der Waals surface area contributed by atoms with E-state index in [1.807, 2.05) is 0 Å². The monoisotopic (exact) mass is 348 g/mol. The van der Waals surface area contributed by atoms with Crippen molar-refractivity contribution in [1.82, 2.24) is 4.98 Å². The van der Waals surface area contributed by atoms with Crippen LogP contribution in [0.15, 0.2) is 22.6 Å². The average molecular weight is 349 g/mol. The number of benzene rings is 1. The summed E-state index contributed by atoms with van der Waals surface area (Å²) < 4.78 is 10.2. The summed E-state index contributed by atoms with van der Waals surface area (Å²) in [6.07, 6.45) is 3.12. The number of anilines is 1. The number of carbonyl (C=O) groups excluding carboxylic acids is 2. The van der Waals surface area contributed by atoms with Crippen LogP contribution >= 0.6 is 11.6 Å². The molecule has 0 spiro atoms. The smallest absolute Gasteiger partial charge is 0.337 e. The highest BCUT2D eigenvalue weighted by molar-refractivity contribution is 6.34. The number of methoxy groups -OCH3 is 1. The fraction of sp³-hybridized carbons (Fsp3) is 0.353. The van der Waals surface area contributed by atoms with Crippen LogP contribution < -0.4 is 5.32 Å². The Morgan fingerprint density at radius 1 is 1.42 bits per heavy atom. The second kappa shape index (κ2) is 6.65. The lowest BCUT2D eigenvalue weighted by Crippen LogP contribution is -2.13. The lowest BCUT2D eigenvalue weighted by Gasteiger charge is -2.08. The summed E-state index contributed by atoms with van der Waals surface area (Å²) in [7, 11) is 1.29. The van der Waals surface area contributed by atoms with Crippen molar-refractivity contribution in [2.75, 3.05) is 12.4 Å². The normalized spacial score (nSPS) is 13.6. The Hall–Kier alpha value is -2.34. The number of carbonyl (C=O) groups is 2. The number of oxazole rings is 1. The van der Waals surface area contributed by atoms with Crippen molar-refractivity contribution in [2.45, 2.75) is 26.2 Å². The number of hydrogen-bond acceptors (Lipinski definition) is 5. The SMILES string of the molecule is COC(=O)c1ccc(Cl)c(NC(=O)c2oc(CC3CC3)nc2C)c1. The lowest BCUT2D eigenvalue weighted by atomic mass is 10.2. The Bertz CT molecular complexity index is 796. The molecule has 1 heterocycles. The average Bonchev–Trinajstić information content (AvgIpc) is 3.29. The van der Waals surface area contributed by atoms with E-state index in [-0.39, 0.29) is 5.76 Å². The second-order valence-electron chi connectivity index (χ2n) is 5.81. The van der Waals surface area contributed by atoms with Gasteiger partial charge in [-0.2, -0.15) is 0 Å². The maximum Gasteiger partial charge on any atom is 0.337 e. The van der Waals surface area contributed by atoms with Gasteiger partial charge in [-0.05, 0) is 43.9 Å². The fourth-order valence-corrected chi connectivity index (χ4v) is 2.53. The van der Waals surface area contributed by atoms with E-state index in [4.69, 9.17) is 16.0 Å². The summed E-state index contributed by atoms with van der Waals surface area (Å²) >= 11 is 6.08. The van der Waals surface area contributed by atoms with Crippen molar-refractivity contribution < 1.29 is 18.7 Å². The number of rotatable bonds is 5. The molecule has 3 rings (SSSR count). The second-order valence-corrected chi connectivity index (χ2v) is 6.22. The van der Waals surface area contributed by atoms with Gasteiger partial charge in [-0.3, -0.25) is 4.79 Å². The van der Waals surface area contributed by atoms with E-state index in [9.17, 15) is 9.59 Å². The molecule has 1 amide bonds. The molecule has 0 bridgehead atoms. The van der Waals surface area contributed by atoms with Gasteiger partial charge in [-0.25, -0.2) is 9.78 Å². The highest BCUT2D eigenvalue weighted by Crippen LogP contribution is 2.33. The summed E-state index contributed by atoms with van der Waals surface area (Å²) in [5.74, 6) is 0.389. The lowest BCUT2D eigenvalue weighted by molar-refractivity contribution is 0.0600. The molecule has 0 unspecified atom stereocenters. The van der Waals surface area contributed by atoms with E-state index in [2.05, 4.69) is 15.0 Å². The molecule has 1 N–H and O–H groups in total. The number of halogens is 1. The summed E-state index contributed by atoms with van der Waals surface area (Å²) in [6, 6.07) is 4.51. The molecule has 2 aromatic rings. The van der Waals surface area contributed by atoms with Crippen LogP contribution in [0.5, 0.6) is 0 Å². The zero-order chi connectivity index (χ0) is 17.3. The predicted molar refractivity (Wildman–Crippen MR) is 88.4 cm³/mol. The molecule has 0 radical (unpaired) electrons. The highest BCUT2D eigenvalue weighted by atomic mass is 35.5. The van der Waals surface area contributed by atoms with Gasteiger partial charge in [0.15, 0.2) is 5.89 Å². The molecule has 1 fully saturated rings. The topological polar surface area (TPSA) is 81.4 Å². The van der Waals surface area contributed by atoms with E-state index in [1.165, 1.54) is 38.2 Å². The number of nitrogens with one attached hydrogen (secondary N) is 1. The first kappa shape index (κ1) is 16.5. The minimum absolute atomic E-state index is 0.158. The standard InChI is InChI=1S/C17H17ClN2O4/c1-9-15(24-14(19-9)7-10-3-4-10)16(21)20-13-8-11(17(22)23-2)5-6-12(13)18/h5-6,8,10H,3-4,7H2,1-2H3,(H,20,21). The van der Waals surface area contributed by atoms with Crippen molar-refractivity contribution in [2.24, 2.45) is 5.92 Å². The third-order valence-electron chi connectivity index (χ3n) is 3.84.